The number of nitrogens with zero attached hydrogens (tertiary/aromatic N) is 1. The van der Waals surface area contributed by atoms with E-state index in [0.717, 1.165) is 30.8 Å². The molecule has 0 atom stereocenters. The molecule has 1 aliphatic heterocycles. The molecule has 0 spiro atoms. The molecule has 8 heteroatoms. The van der Waals surface area contributed by atoms with E-state index in [1.54, 1.807) is 6.07 Å². The predicted octanol–water partition coefficient (Wildman–Crippen LogP) is 2.05. The third kappa shape index (κ3) is 4.59. The molecular formula is C19H25N5O3. The topological polar surface area (TPSA) is 126 Å². The van der Waals surface area contributed by atoms with E-state index in [0.29, 0.717) is 18.1 Å². The zero-order valence-corrected chi connectivity index (χ0v) is 15.4. The minimum Gasteiger partial charge on any atom is -0.492 e. The summed E-state index contributed by atoms with van der Waals surface area (Å²) in [5, 5.41) is 2.39. The summed E-state index contributed by atoms with van der Waals surface area (Å²) in [6, 6.07) is 6.64. The molecular weight excluding hydrogens is 346 g/mol. The van der Waals surface area contributed by atoms with Crippen LogP contribution in [0.2, 0.25) is 0 Å². The Morgan fingerprint density at radius 2 is 1.96 bits per heavy atom. The Kier molecular flexibility index (Phi) is 5.66. The average Bonchev–Trinajstić information content (AvgIpc) is 3.25. The minimum atomic E-state index is -0.780. The van der Waals surface area contributed by atoms with Gasteiger partial charge in [-0.2, -0.15) is 0 Å². The molecule has 8 nitrogen and oxygen atoms in total. The number of nitrogens with one attached hydrogen (secondary N) is 2. The summed E-state index contributed by atoms with van der Waals surface area (Å²) in [5.41, 5.74) is 13.2. The van der Waals surface area contributed by atoms with Crippen molar-refractivity contribution >= 4 is 17.8 Å². The molecule has 1 aromatic carbocycles. The second-order valence-electron chi connectivity index (χ2n) is 6.72. The molecule has 3 rings (SSSR count). The molecule has 0 radical (unpaired) electrons. The SMILES string of the molecule is Cc1ccc(OCCN2CCCC2)c(-c2cc(C(N)=O)c(NC(N)=O)[nH]2)c1. The first-order valence-corrected chi connectivity index (χ1v) is 8.99. The number of carbonyl (C=O) groups excluding carboxylic acids is 2. The van der Waals surface area contributed by atoms with Crippen LogP contribution < -0.4 is 21.5 Å². The molecule has 0 bridgehead atoms. The lowest BCUT2D eigenvalue weighted by Gasteiger charge is -2.16. The number of likely N-dealkylation sites (tertiary alicyclic amines) is 1. The lowest BCUT2D eigenvalue weighted by Crippen LogP contribution is -2.25. The number of aryl methyl sites for hydroxylation is 1. The zero-order chi connectivity index (χ0) is 19.4. The van der Waals surface area contributed by atoms with Gasteiger partial charge in [-0.3, -0.25) is 15.0 Å². The molecule has 1 fully saturated rings. The van der Waals surface area contributed by atoms with Crippen molar-refractivity contribution < 1.29 is 14.3 Å². The summed E-state index contributed by atoms with van der Waals surface area (Å²) in [4.78, 5) is 28.3. The molecule has 1 aliphatic rings. The molecule has 0 unspecified atom stereocenters. The summed E-state index contributed by atoms with van der Waals surface area (Å²) in [6.45, 7) is 5.65. The molecule has 1 aromatic heterocycles. The third-order valence-electron chi connectivity index (χ3n) is 4.62. The Bertz CT molecular complexity index is 840. The van der Waals surface area contributed by atoms with Crippen LogP contribution in [0.3, 0.4) is 0 Å². The maximum atomic E-state index is 11.7. The predicted molar refractivity (Wildman–Crippen MR) is 104 cm³/mol. The Hall–Kier alpha value is -3.00. The first-order valence-electron chi connectivity index (χ1n) is 8.99. The van der Waals surface area contributed by atoms with Crippen LogP contribution in [0.15, 0.2) is 24.3 Å². The highest BCUT2D eigenvalue weighted by Gasteiger charge is 2.18. The Balaban J connectivity index is 1.85. The molecule has 27 heavy (non-hydrogen) atoms. The maximum Gasteiger partial charge on any atom is 0.317 e. The van der Waals surface area contributed by atoms with Crippen molar-refractivity contribution in [3.8, 4) is 17.0 Å². The van der Waals surface area contributed by atoms with Gasteiger partial charge in [0, 0.05) is 12.1 Å². The summed E-state index contributed by atoms with van der Waals surface area (Å²) >= 11 is 0. The fourth-order valence-corrected chi connectivity index (χ4v) is 3.29. The van der Waals surface area contributed by atoms with Crippen LogP contribution in [0.25, 0.3) is 11.3 Å². The van der Waals surface area contributed by atoms with Crippen molar-refractivity contribution in [2.75, 3.05) is 31.6 Å². The summed E-state index contributed by atoms with van der Waals surface area (Å²) in [6.07, 6.45) is 2.48. The normalized spacial score (nSPS) is 14.3. The molecule has 144 valence electrons. The summed E-state index contributed by atoms with van der Waals surface area (Å²) in [7, 11) is 0. The lowest BCUT2D eigenvalue weighted by molar-refractivity contribution is 0.100. The minimum absolute atomic E-state index is 0.160. The van der Waals surface area contributed by atoms with Gasteiger partial charge in [0.05, 0.1) is 11.3 Å². The van der Waals surface area contributed by atoms with Crippen LogP contribution in [0.1, 0.15) is 28.8 Å². The number of aromatic nitrogens is 1. The first-order chi connectivity index (χ1) is 12.9. The van der Waals surface area contributed by atoms with Crippen molar-refractivity contribution in [2.24, 2.45) is 11.5 Å². The maximum absolute atomic E-state index is 11.7. The van der Waals surface area contributed by atoms with Gasteiger partial charge in [0.2, 0.25) is 0 Å². The Morgan fingerprint density at radius 1 is 1.22 bits per heavy atom. The van der Waals surface area contributed by atoms with E-state index in [1.165, 1.54) is 12.8 Å². The molecule has 2 heterocycles. The van der Waals surface area contributed by atoms with Gasteiger partial charge in [-0.25, -0.2) is 4.79 Å². The number of urea groups is 1. The number of aromatic amines is 1. The van der Waals surface area contributed by atoms with Gasteiger partial charge in [0.1, 0.15) is 18.2 Å². The third-order valence-corrected chi connectivity index (χ3v) is 4.62. The van der Waals surface area contributed by atoms with Crippen molar-refractivity contribution in [1.82, 2.24) is 9.88 Å². The van der Waals surface area contributed by atoms with Gasteiger partial charge in [-0.1, -0.05) is 11.6 Å². The number of hydrogen-bond donors (Lipinski definition) is 4. The highest BCUT2D eigenvalue weighted by molar-refractivity contribution is 6.03. The highest BCUT2D eigenvalue weighted by atomic mass is 16.5. The van der Waals surface area contributed by atoms with E-state index in [-0.39, 0.29) is 11.4 Å². The van der Waals surface area contributed by atoms with E-state index in [9.17, 15) is 9.59 Å². The number of benzene rings is 1. The van der Waals surface area contributed by atoms with Crippen LogP contribution in [0, 0.1) is 6.92 Å². The van der Waals surface area contributed by atoms with Gasteiger partial charge < -0.3 is 21.2 Å². The zero-order valence-electron chi connectivity index (χ0n) is 15.4. The largest absolute Gasteiger partial charge is 0.492 e. The van der Waals surface area contributed by atoms with Gasteiger partial charge >= 0.3 is 6.03 Å². The number of carbonyl (C=O) groups is 2. The van der Waals surface area contributed by atoms with Gasteiger partial charge in [0.25, 0.3) is 5.91 Å². The fourth-order valence-electron chi connectivity index (χ4n) is 3.29. The number of anilines is 1. The quantitative estimate of drug-likeness (QED) is 0.594. The number of hydrogen-bond acceptors (Lipinski definition) is 4. The van der Waals surface area contributed by atoms with E-state index < -0.39 is 11.9 Å². The number of nitrogens with two attached hydrogens (primary N) is 2. The lowest BCUT2D eigenvalue weighted by atomic mass is 10.1. The van der Waals surface area contributed by atoms with Gasteiger partial charge in [0.15, 0.2) is 0 Å². The number of primary amides is 2. The van der Waals surface area contributed by atoms with Crippen molar-refractivity contribution in [1.29, 1.82) is 0 Å². The number of H-pyrrole nitrogens is 1. The molecule has 0 aliphatic carbocycles. The first kappa shape index (κ1) is 18.8. The van der Waals surface area contributed by atoms with Crippen molar-refractivity contribution in [2.45, 2.75) is 19.8 Å². The van der Waals surface area contributed by atoms with Crippen LogP contribution in [0.4, 0.5) is 10.6 Å². The molecule has 6 N–H and O–H groups in total. The van der Waals surface area contributed by atoms with Gasteiger partial charge in [-0.15, -0.1) is 0 Å². The van der Waals surface area contributed by atoms with Gasteiger partial charge in [-0.05, 0) is 51.1 Å². The standard InChI is InChI=1S/C19H25N5O3/c1-12-4-5-16(27-9-8-24-6-2-3-7-24)13(10-12)15-11-14(17(20)25)18(22-15)23-19(21)26/h4-5,10-11,22H,2-3,6-9H2,1H3,(H2,20,25)(H3,21,23,26). The van der Waals surface area contributed by atoms with E-state index in [2.05, 4.69) is 15.2 Å². The van der Waals surface area contributed by atoms with E-state index >= 15 is 0 Å². The number of amides is 3. The fraction of sp³-hybridized carbons (Fsp3) is 0.368. The second kappa shape index (κ2) is 8.13. The molecule has 1 saturated heterocycles. The average molecular weight is 371 g/mol. The molecule has 0 saturated carbocycles. The number of rotatable bonds is 7. The van der Waals surface area contributed by atoms with Crippen molar-refractivity contribution in [3.05, 3.63) is 35.4 Å². The van der Waals surface area contributed by atoms with E-state index in [1.807, 2.05) is 25.1 Å². The number of ether oxygens (including phenoxy) is 1. The van der Waals surface area contributed by atoms with Crippen LogP contribution in [-0.2, 0) is 0 Å². The molecule has 3 amide bonds. The molecule has 2 aromatic rings. The Morgan fingerprint density at radius 3 is 2.63 bits per heavy atom. The van der Waals surface area contributed by atoms with Crippen LogP contribution in [0.5, 0.6) is 5.75 Å². The van der Waals surface area contributed by atoms with E-state index in [4.69, 9.17) is 16.2 Å². The second-order valence-corrected chi connectivity index (χ2v) is 6.72. The summed E-state index contributed by atoms with van der Waals surface area (Å²) < 4.78 is 6.01. The highest BCUT2D eigenvalue weighted by Crippen LogP contribution is 2.33. The van der Waals surface area contributed by atoms with Crippen LogP contribution in [-0.4, -0.2) is 48.1 Å². The van der Waals surface area contributed by atoms with Crippen molar-refractivity contribution in [3.63, 3.8) is 0 Å². The summed E-state index contributed by atoms with van der Waals surface area (Å²) in [5.74, 6) is 0.211. The Labute approximate surface area is 157 Å². The smallest absolute Gasteiger partial charge is 0.317 e. The monoisotopic (exact) mass is 371 g/mol. The van der Waals surface area contributed by atoms with Crippen LogP contribution >= 0.6 is 0 Å².